The SMILES string of the molecule is Cc1nnc(C2CCN(C(=N)c3ccccc3S)CC2)n1-c1ccc(Cl)cc1. The molecule has 1 aliphatic heterocycles. The van der Waals surface area contributed by atoms with E-state index in [1.165, 1.54) is 0 Å². The van der Waals surface area contributed by atoms with E-state index in [0.717, 1.165) is 53.7 Å². The highest BCUT2D eigenvalue weighted by Crippen LogP contribution is 2.30. The molecule has 0 amide bonds. The predicted octanol–water partition coefficient (Wildman–Crippen LogP) is 4.72. The van der Waals surface area contributed by atoms with Crippen molar-refractivity contribution in [1.29, 1.82) is 5.41 Å². The van der Waals surface area contributed by atoms with E-state index in [9.17, 15) is 0 Å². The van der Waals surface area contributed by atoms with Gasteiger partial charge in [0, 0.05) is 40.2 Å². The van der Waals surface area contributed by atoms with Crippen molar-refractivity contribution in [3.8, 4) is 5.69 Å². The number of benzene rings is 2. The molecule has 28 heavy (non-hydrogen) atoms. The molecule has 1 fully saturated rings. The third kappa shape index (κ3) is 3.66. The lowest BCUT2D eigenvalue weighted by Crippen LogP contribution is -2.38. The average Bonchev–Trinajstić information content (AvgIpc) is 3.10. The van der Waals surface area contributed by atoms with Crippen molar-refractivity contribution >= 4 is 30.1 Å². The first-order chi connectivity index (χ1) is 13.5. The van der Waals surface area contributed by atoms with E-state index >= 15 is 0 Å². The number of piperidine rings is 1. The van der Waals surface area contributed by atoms with Gasteiger partial charge in [0.25, 0.3) is 0 Å². The summed E-state index contributed by atoms with van der Waals surface area (Å²) in [7, 11) is 0. The Labute approximate surface area is 175 Å². The Hall–Kier alpha value is -2.31. The fraction of sp³-hybridized carbons (Fsp3) is 0.286. The molecular weight excluding hydrogens is 390 g/mol. The molecule has 0 spiro atoms. The summed E-state index contributed by atoms with van der Waals surface area (Å²) in [6.45, 7) is 3.61. The zero-order valence-electron chi connectivity index (χ0n) is 15.6. The molecule has 0 aliphatic carbocycles. The van der Waals surface area contributed by atoms with Crippen LogP contribution in [0.2, 0.25) is 5.02 Å². The summed E-state index contributed by atoms with van der Waals surface area (Å²) in [6, 6.07) is 15.5. The number of amidine groups is 1. The zero-order valence-corrected chi connectivity index (χ0v) is 17.3. The van der Waals surface area contributed by atoms with E-state index in [-0.39, 0.29) is 0 Å². The first-order valence-corrected chi connectivity index (χ1v) is 10.2. The Bertz CT molecular complexity index is 990. The van der Waals surface area contributed by atoms with Gasteiger partial charge in [-0.1, -0.05) is 29.8 Å². The van der Waals surface area contributed by atoms with Crippen molar-refractivity contribution in [3.05, 3.63) is 70.8 Å². The van der Waals surface area contributed by atoms with Crippen LogP contribution in [0.25, 0.3) is 5.69 Å². The molecule has 0 radical (unpaired) electrons. The monoisotopic (exact) mass is 411 g/mol. The van der Waals surface area contributed by atoms with Gasteiger partial charge < -0.3 is 4.90 Å². The van der Waals surface area contributed by atoms with E-state index in [1.54, 1.807) is 0 Å². The van der Waals surface area contributed by atoms with Crippen LogP contribution >= 0.6 is 24.2 Å². The molecule has 1 saturated heterocycles. The number of aromatic nitrogens is 3. The summed E-state index contributed by atoms with van der Waals surface area (Å²) in [5.41, 5.74) is 1.91. The van der Waals surface area contributed by atoms with Crippen LogP contribution in [0.4, 0.5) is 0 Å². The number of likely N-dealkylation sites (tertiary alicyclic amines) is 1. The van der Waals surface area contributed by atoms with Gasteiger partial charge in [-0.05, 0) is 50.1 Å². The predicted molar refractivity (Wildman–Crippen MR) is 115 cm³/mol. The maximum Gasteiger partial charge on any atom is 0.140 e. The van der Waals surface area contributed by atoms with Crippen molar-refractivity contribution in [3.63, 3.8) is 0 Å². The molecule has 144 valence electrons. The Kier molecular flexibility index (Phi) is 5.42. The Morgan fingerprint density at radius 1 is 1.07 bits per heavy atom. The number of nitrogens with zero attached hydrogens (tertiary/aromatic N) is 4. The quantitative estimate of drug-likeness (QED) is 0.372. The van der Waals surface area contributed by atoms with Crippen LogP contribution in [-0.2, 0) is 0 Å². The van der Waals surface area contributed by atoms with E-state index in [2.05, 4.69) is 32.3 Å². The standard InChI is InChI=1S/C21H22ClN5S/c1-14-24-25-21(27(14)17-8-6-16(22)7-9-17)15-10-12-26(13-11-15)20(23)18-4-2-3-5-19(18)28/h2-9,15,23,28H,10-13H2,1H3. The fourth-order valence-corrected chi connectivity index (χ4v) is 4.15. The summed E-state index contributed by atoms with van der Waals surface area (Å²) in [5, 5.41) is 18.1. The van der Waals surface area contributed by atoms with Gasteiger partial charge in [-0.15, -0.1) is 22.8 Å². The lowest BCUT2D eigenvalue weighted by atomic mass is 9.95. The molecule has 1 aromatic heterocycles. The van der Waals surface area contributed by atoms with Gasteiger partial charge in [-0.3, -0.25) is 9.98 Å². The fourth-order valence-electron chi connectivity index (χ4n) is 3.76. The van der Waals surface area contributed by atoms with E-state index in [1.807, 2.05) is 55.5 Å². The minimum absolute atomic E-state index is 0.312. The van der Waals surface area contributed by atoms with Crippen LogP contribution in [0.1, 0.15) is 36.0 Å². The maximum atomic E-state index is 8.57. The molecule has 1 N–H and O–H groups in total. The van der Waals surface area contributed by atoms with Crippen LogP contribution in [0.15, 0.2) is 53.4 Å². The highest BCUT2D eigenvalue weighted by atomic mass is 35.5. The number of aryl methyl sites for hydroxylation is 1. The topological polar surface area (TPSA) is 57.8 Å². The van der Waals surface area contributed by atoms with Crippen LogP contribution < -0.4 is 0 Å². The van der Waals surface area contributed by atoms with Gasteiger partial charge in [-0.25, -0.2) is 0 Å². The van der Waals surface area contributed by atoms with Crippen molar-refractivity contribution in [1.82, 2.24) is 19.7 Å². The smallest absolute Gasteiger partial charge is 0.140 e. The number of halogens is 1. The third-order valence-corrected chi connectivity index (χ3v) is 5.91. The van der Waals surface area contributed by atoms with Gasteiger partial charge in [-0.2, -0.15) is 0 Å². The molecule has 2 heterocycles. The zero-order chi connectivity index (χ0) is 19.7. The largest absolute Gasteiger partial charge is 0.357 e. The Morgan fingerprint density at radius 3 is 2.43 bits per heavy atom. The second-order valence-corrected chi connectivity index (χ2v) is 7.96. The number of thiol groups is 1. The van der Waals surface area contributed by atoms with Crippen LogP contribution in [0.5, 0.6) is 0 Å². The molecule has 0 atom stereocenters. The number of hydrogen-bond donors (Lipinski definition) is 2. The van der Waals surface area contributed by atoms with Crippen molar-refractivity contribution in [2.24, 2.45) is 0 Å². The summed E-state index contributed by atoms with van der Waals surface area (Å²) in [4.78, 5) is 2.97. The lowest BCUT2D eigenvalue weighted by molar-refractivity contribution is 0.304. The molecule has 0 saturated carbocycles. The number of nitrogens with one attached hydrogen (secondary N) is 1. The van der Waals surface area contributed by atoms with Crippen molar-refractivity contribution in [2.75, 3.05) is 13.1 Å². The number of hydrogen-bond acceptors (Lipinski definition) is 4. The average molecular weight is 412 g/mol. The third-order valence-electron chi connectivity index (χ3n) is 5.27. The highest BCUT2D eigenvalue weighted by Gasteiger charge is 2.27. The lowest BCUT2D eigenvalue weighted by Gasteiger charge is -2.33. The van der Waals surface area contributed by atoms with E-state index < -0.39 is 0 Å². The Morgan fingerprint density at radius 2 is 1.75 bits per heavy atom. The molecular formula is C21H22ClN5S. The molecule has 0 bridgehead atoms. The molecule has 3 aromatic rings. The minimum atomic E-state index is 0.312. The van der Waals surface area contributed by atoms with Gasteiger partial charge in [0.1, 0.15) is 17.5 Å². The van der Waals surface area contributed by atoms with Crippen molar-refractivity contribution in [2.45, 2.75) is 30.6 Å². The molecule has 0 unspecified atom stereocenters. The normalized spacial score (nSPS) is 15.0. The maximum absolute atomic E-state index is 8.57. The van der Waals surface area contributed by atoms with Crippen LogP contribution in [-0.4, -0.2) is 38.6 Å². The van der Waals surface area contributed by atoms with Crippen LogP contribution in [0.3, 0.4) is 0 Å². The van der Waals surface area contributed by atoms with Gasteiger partial charge >= 0.3 is 0 Å². The first kappa shape index (κ1) is 19.0. The molecule has 1 aliphatic rings. The van der Waals surface area contributed by atoms with Gasteiger partial charge in [0.05, 0.1) is 0 Å². The second-order valence-electron chi connectivity index (χ2n) is 7.04. The molecule has 5 nitrogen and oxygen atoms in total. The minimum Gasteiger partial charge on any atom is -0.357 e. The van der Waals surface area contributed by atoms with Crippen LogP contribution in [0, 0.1) is 12.3 Å². The van der Waals surface area contributed by atoms with E-state index in [0.29, 0.717) is 16.8 Å². The summed E-state index contributed by atoms with van der Waals surface area (Å²) in [6.07, 6.45) is 1.87. The summed E-state index contributed by atoms with van der Waals surface area (Å²) < 4.78 is 2.12. The molecule has 7 heteroatoms. The van der Waals surface area contributed by atoms with Crippen molar-refractivity contribution < 1.29 is 0 Å². The molecule has 2 aromatic carbocycles. The highest BCUT2D eigenvalue weighted by molar-refractivity contribution is 7.80. The second kappa shape index (κ2) is 7.97. The summed E-state index contributed by atoms with van der Waals surface area (Å²) in [5.74, 6) is 2.71. The molecule has 4 rings (SSSR count). The first-order valence-electron chi connectivity index (χ1n) is 9.34. The Balaban J connectivity index is 1.51. The number of rotatable bonds is 3. The summed E-state index contributed by atoms with van der Waals surface area (Å²) >= 11 is 10.5. The van der Waals surface area contributed by atoms with Gasteiger partial charge in [0.15, 0.2) is 0 Å². The van der Waals surface area contributed by atoms with E-state index in [4.69, 9.17) is 17.0 Å². The van der Waals surface area contributed by atoms with Gasteiger partial charge in [0.2, 0.25) is 0 Å².